The number of nitrogens with two attached hydrogens (primary N) is 1. The van der Waals surface area contributed by atoms with E-state index in [9.17, 15) is 0 Å². The number of nitriles is 1. The lowest BCUT2D eigenvalue weighted by atomic mass is 9.95. The molecule has 68 valence electrons. The maximum Gasteiger partial charge on any atom is 0.105 e. The predicted molar refractivity (Wildman–Crippen MR) is 53.1 cm³/mol. The lowest BCUT2D eigenvalue weighted by Crippen LogP contribution is -2.36. The second-order valence-electron chi connectivity index (χ2n) is 3.70. The van der Waals surface area contributed by atoms with Gasteiger partial charge in [-0.05, 0) is 19.4 Å². The van der Waals surface area contributed by atoms with Crippen molar-refractivity contribution < 1.29 is 0 Å². The van der Waals surface area contributed by atoms with Crippen molar-refractivity contribution in [2.45, 2.75) is 25.8 Å². The van der Waals surface area contributed by atoms with Crippen molar-refractivity contribution in [3.05, 3.63) is 35.4 Å². The highest BCUT2D eigenvalue weighted by atomic mass is 14.7. The number of aryl methyl sites for hydroxylation is 1. The van der Waals surface area contributed by atoms with Gasteiger partial charge in [0, 0.05) is 6.42 Å². The third-order valence-electron chi connectivity index (χ3n) is 1.91. The van der Waals surface area contributed by atoms with Crippen LogP contribution in [0.25, 0.3) is 0 Å². The molecular formula is C11H14N2. The summed E-state index contributed by atoms with van der Waals surface area (Å²) in [4.78, 5) is 0. The summed E-state index contributed by atoms with van der Waals surface area (Å²) in [6.45, 7) is 3.78. The molecule has 1 aromatic rings. The fraction of sp³-hybridized carbons (Fsp3) is 0.364. The second-order valence-corrected chi connectivity index (χ2v) is 3.70. The summed E-state index contributed by atoms with van der Waals surface area (Å²) >= 11 is 0. The number of nitrogens with zero attached hydrogens (tertiary/aromatic N) is 1. The quantitative estimate of drug-likeness (QED) is 0.743. The van der Waals surface area contributed by atoms with Gasteiger partial charge in [-0.15, -0.1) is 0 Å². The normalized spacial score (nSPS) is 14.6. The zero-order valence-electron chi connectivity index (χ0n) is 8.04. The number of hydrogen-bond donors (Lipinski definition) is 1. The summed E-state index contributed by atoms with van der Waals surface area (Å²) in [5, 5.41) is 8.75. The van der Waals surface area contributed by atoms with Gasteiger partial charge in [0.25, 0.3) is 0 Å². The predicted octanol–water partition coefficient (Wildman–Crippen LogP) is 1.78. The number of benzene rings is 1. The van der Waals surface area contributed by atoms with Gasteiger partial charge in [0.15, 0.2) is 0 Å². The molecular weight excluding hydrogens is 160 g/mol. The van der Waals surface area contributed by atoms with Crippen LogP contribution >= 0.6 is 0 Å². The summed E-state index contributed by atoms with van der Waals surface area (Å²) in [6.07, 6.45) is 0.602. The number of hydrogen-bond acceptors (Lipinski definition) is 2. The lowest BCUT2D eigenvalue weighted by Gasteiger charge is -2.15. The van der Waals surface area contributed by atoms with Crippen molar-refractivity contribution in [3.63, 3.8) is 0 Å². The van der Waals surface area contributed by atoms with Crippen molar-refractivity contribution in [1.29, 1.82) is 5.26 Å². The lowest BCUT2D eigenvalue weighted by molar-refractivity contribution is 0.596. The van der Waals surface area contributed by atoms with E-state index in [2.05, 4.69) is 12.1 Å². The first-order valence-electron chi connectivity index (χ1n) is 4.29. The van der Waals surface area contributed by atoms with Gasteiger partial charge < -0.3 is 5.73 Å². The molecule has 2 N–H and O–H groups in total. The number of rotatable bonds is 2. The van der Waals surface area contributed by atoms with Crippen LogP contribution in [0.15, 0.2) is 24.3 Å². The first-order valence-corrected chi connectivity index (χ1v) is 4.29. The van der Waals surface area contributed by atoms with E-state index in [1.54, 1.807) is 6.92 Å². The van der Waals surface area contributed by atoms with E-state index in [1.807, 2.05) is 25.1 Å². The Kier molecular flexibility index (Phi) is 2.69. The molecule has 0 aliphatic rings. The minimum atomic E-state index is -0.756. The molecule has 0 saturated carbocycles. The smallest absolute Gasteiger partial charge is 0.105 e. The van der Waals surface area contributed by atoms with Crippen LogP contribution in [0.1, 0.15) is 18.1 Å². The van der Waals surface area contributed by atoms with Gasteiger partial charge in [-0.2, -0.15) is 5.26 Å². The molecule has 0 aliphatic carbocycles. The topological polar surface area (TPSA) is 49.8 Å². The van der Waals surface area contributed by atoms with Crippen molar-refractivity contribution in [2.75, 3.05) is 0 Å². The third kappa shape index (κ3) is 2.89. The Hall–Kier alpha value is -1.33. The molecule has 0 heterocycles. The van der Waals surface area contributed by atoms with Crippen molar-refractivity contribution in [2.24, 2.45) is 5.73 Å². The summed E-state index contributed by atoms with van der Waals surface area (Å²) < 4.78 is 0. The molecule has 0 aromatic heterocycles. The van der Waals surface area contributed by atoms with Crippen molar-refractivity contribution in [1.82, 2.24) is 0 Å². The summed E-state index contributed by atoms with van der Waals surface area (Å²) in [5.74, 6) is 0. The SMILES string of the molecule is Cc1cccc(CC(C)(N)C#N)c1. The van der Waals surface area contributed by atoms with Gasteiger partial charge in [-0.25, -0.2) is 0 Å². The van der Waals surface area contributed by atoms with E-state index >= 15 is 0 Å². The minimum absolute atomic E-state index is 0.602. The van der Waals surface area contributed by atoms with Gasteiger partial charge in [0.05, 0.1) is 6.07 Å². The molecule has 13 heavy (non-hydrogen) atoms. The highest BCUT2D eigenvalue weighted by Gasteiger charge is 2.17. The molecule has 0 amide bonds. The Morgan fingerprint density at radius 1 is 1.54 bits per heavy atom. The van der Waals surface area contributed by atoms with Crippen LogP contribution in [0, 0.1) is 18.3 Å². The molecule has 0 aliphatic heterocycles. The van der Waals surface area contributed by atoms with Gasteiger partial charge in [0.1, 0.15) is 5.54 Å². The molecule has 1 aromatic carbocycles. The Balaban J connectivity index is 2.82. The average Bonchev–Trinajstić information content (AvgIpc) is 2.03. The van der Waals surface area contributed by atoms with E-state index in [4.69, 9.17) is 11.0 Å². The Morgan fingerprint density at radius 3 is 2.77 bits per heavy atom. The summed E-state index contributed by atoms with van der Waals surface area (Å²) in [5.41, 5.74) is 7.30. The van der Waals surface area contributed by atoms with Gasteiger partial charge in [-0.1, -0.05) is 29.8 Å². The second kappa shape index (κ2) is 3.59. The van der Waals surface area contributed by atoms with E-state index in [1.165, 1.54) is 5.56 Å². The van der Waals surface area contributed by atoms with Crippen LogP contribution in [-0.4, -0.2) is 5.54 Å². The Labute approximate surface area is 79.0 Å². The largest absolute Gasteiger partial charge is 0.313 e. The van der Waals surface area contributed by atoms with E-state index in [-0.39, 0.29) is 0 Å². The Bertz CT molecular complexity index is 334. The summed E-state index contributed by atoms with van der Waals surface area (Å²) in [6, 6.07) is 10.2. The standard InChI is InChI=1S/C11H14N2/c1-9-4-3-5-10(6-9)7-11(2,13)8-12/h3-6H,7,13H2,1-2H3. The first-order chi connectivity index (χ1) is 6.03. The monoisotopic (exact) mass is 174 g/mol. The van der Waals surface area contributed by atoms with Crippen molar-refractivity contribution in [3.8, 4) is 6.07 Å². The molecule has 2 heteroatoms. The Morgan fingerprint density at radius 2 is 2.23 bits per heavy atom. The molecule has 0 fully saturated rings. The molecule has 1 unspecified atom stereocenters. The maximum atomic E-state index is 8.75. The highest BCUT2D eigenvalue weighted by Crippen LogP contribution is 2.11. The third-order valence-corrected chi connectivity index (χ3v) is 1.91. The van der Waals surface area contributed by atoms with Crippen LogP contribution in [-0.2, 0) is 6.42 Å². The fourth-order valence-electron chi connectivity index (χ4n) is 1.29. The molecule has 2 nitrogen and oxygen atoms in total. The van der Waals surface area contributed by atoms with Crippen LogP contribution in [0.3, 0.4) is 0 Å². The maximum absolute atomic E-state index is 8.75. The molecule has 1 atom stereocenters. The van der Waals surface area contributed by atoms with E-state index in [0.717, 1.165) is 5.56 Å². The zero-order chi connectivity index (χ0) is 9.90. The molecule has 0 bridgehead atoms. The van der Waals surface area contributed by atoms with Crippen LogP contribution in [0.2, 0.25) is 0 Å². The minimum Gasteiger partial charge on any atom is -0.313 e. The first kappa shape index (κ1) is 9.76. The van der Waals surface area contributed by atoms with E-state index in [0.29, 0.717) is 6.42 Å². The van der Waals surface area contributed by atoms with Gasteiger partial charge in [0.2, 0.25) is 0 Å². The molecule has 1 rings (SSSR count). The van der Waals surface area contributed by atoms with Crippen LogP contribution < -0.4 is 5.73 Å². The molecule has 0 spiro atoms. The van der Waals surface area contributed by atoms with Crippen LogP contribution in [0.4, 0.5) is 0 Å². The molecule has 0 saturated heterocycles. The van der Waals surface area contributed by atoms with Gasteiger partial charge >= 0.3 is 0 Å². The van der Waals surface area contributed by atoms with Crippen LogP contribution in [0.5, 0.6) is 0 Å². The van der Waals surface area contributed by atoms with Crippen molar-refractivity contribution >= 4 is 0 Å². The summed E-state index contributed by atoms with van der Waals surface area (Å²) in [7, 11) is 0. The van der Waals surface area contributed by atoms with Gasteiger partial charge in [-0.3, -0.25) is 0 Å². The van der Waals surface area contributed by atoms with E-state index < -0.39 is 5.54 Å². The molecule has 0 radical (unpaired) electrons. The highest BCUT2D eigenvalue weighted by molar-refractivity contribution is 5.25. The zero-order valence-corrected chi connectivity index (χ0v) is 8.04. The average molecular weight is 174 g/mol. The fourth-order valence-corrected chi connectivity index (χ4v) is 1.29.